The van der Waals surface area contributed by atoms with Crippen molar-refractivity contribution in [3.63, 3.8) is 0 Å². The normalized spacial score (nSPS) is 12.2. The van der Waals surface area contributed by atoms with Crippen LogP contribution in [-0.2, 0) is 6.42 Å². The monoisotopic (exact) mass is 257 g/mol. The standard InChI is InChI=1S/C12H16ClNO3/c1-3-10(13)5-4-9-8-11(14(15)16)6-7-12(9)17-2/h6-8,10H,3-5H2,1-2H3. The van der Waals surface area contributed by atoms with E-state index >= 15 is 0 Å². The van der Waals surface area contributed by atoms with Gasteiger partial charge >= 0.3 is 0 Å². The van der Waals surface area contributed by atoms with E-state index in [1.165, 1.54) is 6.07 Å². The van der Waals surface area contributed by atoms with Crippen LogP contribution in [0.5, 0.6) is 5.75 Å². The van der Waals surface area contributed by atoms with Crippen molar-refractivity contribution in [2.24, 2.45) is 0 Å². The first-order chi connectivity index (χ1) is 8.08. The summed E-state index contributed by atoms with van der Waals surface area (Å²) in [4.78, 5) is 10.3. The fraction of sp³-hybridized carbons (Fsp3) is 0.500. The van der Waals surface area contributed by atoms with Gasteiger partial charge in [-0.05, 0) is 25.3 Å². The molecule has 1 aromatic carbocycles. The van der Waals surface area contributed by atoms with Gasteiger partial charge in [0.1, 0.15) is 5.75 Å². The molecule has 0 saturated heterocycles. The summed E-state index contributed by atoms with van der Waals surface area (Å²) in [5.74, 6) is 0.676. The van der Waals surface area contributed by atoms with E-state index in [2.05, 4.69) is 0 Å². The number of methoxy groups -OCH3 is 1. The van der Waals surface area contributed by atoms with Gasteiger partial charge in [0, 0.05) is 23.1 Å². The lowest BCUT2D eigenvalue weighted by Crippen LogP contribution is -2.01. The molecule has 94 valence electrons. The Morgan fingerprint density at radius 1 is 1.53 bits per heavy atom. The molecule has 0 N–H and O–H groups in total. The van der Waals surface area contributed by atoms with E-state index in [0.29, 0.717) is 12.2 Å². The van der Waals surface area contributed by atoms with E-state index < -0.39 is 4.92 Å². The Labute approximate surface area is 106 Å². The van der Waals surface area contributed by atoms with Crippen molar-refractivity contribution in [2.75, 3.05) is 7.11 Å². The zero-order chi connectivity index (χ0) is 12.8. The van der Waals surface area contributed by atoms with E-state index in [1.54, 1.807) is 19.2 Å². The van der Waals surface area contributed by atoms with Crippen LogP contribution >= 0.6 is 11.6 Å². The predicted molar refractivity (Wildman–Crippen MR) is 67.9 cm³/mol. The number of hydrogen-bond donors (Lipinski definition) is 0. The molecule has 0 heterocycles. The highest BCUT2D eigenvalue weighted by Gasteiger charge is 2.12. The average molecular weight is 258 g/mol. The van der Waals surface area contributed by atoms with Gasteiger partial charge < -0.3 is 4.74 Å². The summed E-state index contributed by atoms with van der Waals surface area (Å²) in [7, 11) is 1.56. The van der Waals surface area contributed by atoms with Crippen LogP contribution in [0.1, 0.15) is 25.3 Å². The smallest absolute Gasteiger partial charge is 0.269 e. The molecule has 0 amide bonds. The number of nitrogens with zero attached hydrogens (tertiary/aromatic N) is 1. The molecule has 0 aromatic heterocycles. The van der Waals surface area contributed by atoms with Crippen LogP contribution < -0.4 is 4.74 Å². The molecule has 1 rings (SSSR count). The fourth-order valence-electron chi connectivity index (χ4n) is 1.59. The Kier molecular flexibility index (Phi) is 5.22. The average Bonchev–Trinajstić information content (AvgIpc) is 2.35. The van der Waals surface area contributed by atoms with Gasteiger partial charge in [0.05, 0.1) is 12.0 Å². The number of halogens is 1. The van der Waals surface area contributed by atoms with Crippen LogP contribution in [0.2, 0.25) is 0 Å². The van der Waals surface area contributed by atoms with Gasteiger partial charge in [0.15, 0.2) is 0 Å². The summed E-state index contributed by atoms with van der Waals surface area (Å²) < 4.78 is 5.18. The Bertz CT molecular complexity index is 395. The number of rotatable bonds is 6. The summed E-state index contributed by atoms with van der Waals surface area (Å²) in [5, 5.41) is 10.8. The second kappa shape index (κ2) is 6.45. The summed E-state index contributed by atoms with van der Waals surface area (Å²) >= 11 is 6.04. The van der Waals surface area contributed by atoms with Gasteiger partial charge in [-0.15, -0.1) is 11.6 Å². The van der Waals surface area contributed by atoms with Crippen molar-refractivity contribution in [3.05, 3.63) is 33.9 Å². The summed E-state index contributed by atoms with van der Waals surface area (Å²) in [5.41, 5.74) is 0.921. The number of nitro benzene ring substituents is 1. The first-order valence-corrected chi connectivity index (χ1v) is 5.97. The number of aryl methyl sites for hydroxylation is 1. The van der Waals surface area contributed by atoms with Crippen molar-refractivity contribution in [1.82, 2.24) is 0 Å². The van der Waals surface area contributed by atoms with Gasteiger partial charge in [-0.3, -0.25) is 10.1 Å². The molecule has 0 aliphatic carbocycles. The molecule has 17 heavy (non-hydrogen) atoms. The first kappa shape index (κ1) is 13.8. The lowest BCUT2D eigenvalue weighted by Gasteiger charge is -2.10. The Hall–Kier alpha value is -1.29. The Balaban J connectivity index is 2.86. The van der Waals surface area contributed by atoms with Crippen molar-refractivity contribution in [1.29, 1.82) is 0 Å². The van der Waals surface area contributed by atoms with Crippen molar-refractivity contribution in [3.8, 4) is 5.75 Å². The molecular weight excluding hydrogens is 242 g/mol. The summed E-state index contributed by atoms with van der Waals surface area (Å²) in [6, 6.07) is 4.63. The number of nitro groups is 1. The zero-order valence-corrected chi connectivity index (χ0v) is 10.7. The van der Waals surface area contributed by atoms with Crippen LogP contribution in [0.4, 0.5) is 5.69 Å². The second-order valence-electron chi connectivity index (χ2n) is 3.80. The third kappa shape index (κ3) is 3.89. The molecular formula is C12H16ClNO3. The van der Waals surface area contributed by atoms with Crippen LogP contribution in [0.3, 0.4) is 0 Å². The maximum absolute atomic E-state index is 10.7. The zero-order valence-electron chi connectivity index (χ0n) is 9.98. The third-order valence-electron chi connectivity index (χ3n) is 2.64. The highest BCUT2D eigenvalue weighted by Crippen LogP contribution is 2.26. The van der Waals surface area contributed by atoms with Crippen LogP contribution in [-0.4, -0.2) is 17.4 Å². The molecule has 0 spiro atoms. The van der Waals surface area contributed by atoms with Crippen molar-refractivity contribution in [2.45, 2.75) is 31.6 Å². The van der Waals surface area contributed by atoms with Gasteiger partial charge in [-0.2, -0.15) is 0 Å². The highest BCUT2D eigenvalue weighted by atomic mass is 35.5. The minimum Gasteiger partial charge on any atom is -0.496 e. The molecule has 0 radical (unpaired) electrons. The molecule has 1 aromatic rings. The summed E-state index contributed by atoms with van der Waals surface area (Å²) in [6.45, 7) is 2.02. The maximum Gasteiger partial charge on any atom is 0.269 e. The van der Waals surface area contributed by atoms with Gasteiger partial charge in [0.25, 0.3) is 5.69 Å². The van der Waals surface area contributed by atoms with Gasteiger partial charge in [-0.25, -0.2) is 0 Å². The lowest BCUT2D eigenvalue weighted by molar-refractivity contribution is -0.384. The highest BCUT2D eigenvalue weighted by molar-refractivity contribution is 6.20. The van der Waals surface area contributed by atoms with Gasteiger partial charge in [0.2, 0.25) is 0 Å². The molecule has 0 bridgehead atoms. The molecule has 5 heteroatoms. The molecule has 1 atom stereocenters. The predicted octanol–water partition coefficient (Wildman–Crippen LogP) is 3.55. The lowest BCUT2D eigenvalue weighted by atomic mass is 10.1. The molecule has 4 nitrogen and oxygen atoms in total. The van der Waals surface area contributed by atoms with E-state index in [-0.39, 0.29) is 11.1 Å². The maximum atomic E-state index is 10.7. The van der Waals surface area contributed by atoms with Crippen molar-refractivity contribution >= 4 is 17.3 Å². The van der Waals surface area contributed by atoms with Crippen molar-refractivity contribution < 1.29 is 9.66 Å². The van der Waals surface area contributed by atoms with E-state index in [0.717, 1.165) is 18.4 Å². The Morgan fingerprint density at radius 3 is 2.76 bits per heavy atom. The number of benzene rings is 1. The van der Waals surface area contributed by atoms with Gasteiger partial charge in [-0.1, -0.05) is 6.92 Å². The summed E-state index contributed by atoms with van der Waals surface area (Å²) in [6.07, 6.45) is 2.36. The van der Waals surface area contributed by atoms with Crippen LogP contribution in [0.15, 0.2) is 18.2 Å². The quantitative estimate of drug-likeness (QED) is 0.445. The molecule has 0 aliphatic heterocycles. The fourth-order valence-corrected chi connectivity index (χ4v) is 1.70. The van der Waals surface area contributed by atoms with E-state index in [9.17, 15) is 10.1 Å². The topological polar surface area (TPSA) is 52.4 Å². The van der Waals surface area contributed by atoms with Crippen LogP contribution in [0.25, 0.3) is 0 Å². The minimum absolute atomic E-state index is 0.0865. The number of non-ortho nitro benzene ring substituents is 1. The SMILES string of the molecule is CCC(Cl)CCc1cc([N+](=O)[O-])ccc1OC. The van der Waals surface area contributed by atoms with E-state index in [1.807, 2.05) is 6.92 Å². The molecule has 0 saturated carbocycles. The number of ether oxygens (including phenoxy) is 1. The van der Waals surface area contributed by atoms with Crippen LogP contribution in [0, 0.1) is 10.1 Å². The molecule has 1 unspecified atom stereocenters. The minimum atomic E-state index is -0.402. The second-order valence-corrected chi connectivity index (χ2v) is 4.41. The first-order valence-electron chi connectivity index (χ1n) is 5.53. The number of alkyl halides is 1. The third-order valence-corrected chi connectivity index (χ3v) is 3.17. The molecule has 0 aliphatic rings. The van der Waals surface area contributed by atoms with E-state index in [4.69, 9.17) is 16.3 Å². The Morgan fingerprint density at radius 2 is 2.24 bits per heavy atom. The largest absolute Gasteiger partial charge is 0.496 e. The molecule has 0 fully saturated rings. The number of hydrogen-bond acceptors (Lipinski definition) is 3.